The first-order valence-corrected chi connectivity index (χ1v) is 11.8. The van der Waals surface area contributed by atoms with Crippen LogP contribution in [0.15, 0.2) is 42.5 Å². The summed E-state index contributed by atoms with van der Waals surface area (Å²) in [5.41, 5.74) is 1.56. The van der Waals surface area contributed by atoms with Crippen LogP contribution in [-0.4, -0.2) is 49.1 Å². The van der Waals surface area contributed by atoms with E-state index < -0.39 is 0 Å². The molecule has 6 nitrogen and oxygen atoms in total. The van der Waals surface area contributed by atoms with E-state index in [1.807, 2.05) is 0 Å². The third-order valence-corrected chi connectivity index (χ3v) is 6.55. The molecule has 0 aliphatic carbocycles. The Bertz CT molecular complexity index is 989. The van der Waals surface area contributed by atoms with Gasteiger partial charge in [0.25, 0.3) is 5.91 Å². The summed E-state index contributed by atoms with van der Waals surface area (Å²) < 4.78 is 19.6. The number of hydrogen-bond acceptors (Lipinski definition) is 4. The summed E-state index contributed by atoms with van der Waals surface area (Å²) in [7, 11) is 0. The van der Waals surface area contributed by atoms with Crippen molar-refractivity contribution in [3.05, 3.63) is 64.4 Å². The number of benzene rings is 2. The fourth-order valence-corrected chi connectivity index (χ4v) is 4.53. The number of nitrogens with one attached hydrogen (secondary N) is 2. The number of hydrogen-bond donors (Lipinski definition) is 2. The summed E-state index contributed by atoms with van der Waals surface area (Å²) >= 11 is 5.83. The summed E-state index contributed by atoms with van der Waals surface area (Å²) in [6, 6.07) is 11.8. The van der Waals surface area contributed by atoms with Crippen LogP contribution in [0.5, 0.6) is 0 Å². The van der Waals surface area contributed by atoms with E-state index in [1.54, 1.807) is 36.4 Å². The van der Waals surface area contributed by atoms with Crippen LogP contribution < -0.4 is 10.6 Å². The maximum atomic E-state index is 14.1. The Hall–Kier alpha value is -2.48. The molecule has 2 fully saturated rings. The number of rotatable bonds is 7. The predicted octanol–water partition coefficient (Wildman–Crippen LogP) is 4.24. The molecule has 1 unspecified atom stereocenters. The molecule has 176 valence electrons. The molecule has 8 heteroatoms. The van der Waals surface area contributed by atoms with Crippen LogP contribution in [0.25, 0.3) is 0 Å². The summed E-state index contributed by atoms with van der Waals surface area (Å²) in [4.78, 5) is 27.7. The van der Waals surface area contributed by atoms with Crippen molar-refractivity contribution in [2.45, 2.75) is 38.3 Å². The van der Waals surface area contributed by atoms with Crippen molar-refractivity contribution in [3.63, 3.8) is 0 Å². The van der Waals surface area contributed by atoms with Gasteiger partial charge in [-0.3, -0.25) is 14.5 Å². The maximum Gasteiger partial charge on any atom is 0.253 e. The van der Waals surface area contributed by atoms with Crippen LogP contribution in [0.2, 0.25) is 5.02 Å². The zero-order valence-electron chi connectivity index (χ0n) is 18.5. The minimum Gasteiger partial charge on any atom is -0.376 e. The quantitative estimate of drug-likeness (QED) is 0.631. The number of ether oxygens (including phenoxy) is 1. The standard InChI is InChI=1S/C25H29ClFN3O3/c26-19-8-7-18(22(27)14-19)16-30-11-9-17(10-12-30)24(31)29-23-6-2-1-5-21(23)25(32)28-15-20-4-3-13-33-20/h1-2,5-8,14,17,20H,3-4,9-13,15-16H2,(H,28,32)(H,29,31). The third kappa shape index (κ3) is 6.31. The van der Waals surface area contributed by atoms with Gasteiger partial charge in [0, 0.05) is 36.2 Å². The van der Waals surface area contributed by atoms with Crippen molar-refractivity contribution < 1.29 is 18.7 Å². The summed E-state index contributed by atoms with van der Waals surface area (Å²) in [6.45, 7) is 3.09. The topological polar surface area (TPSA) is 70.7 Å². The largest absolute Gasteiger partial charge is 0.376 e. The number of likely N-dealkylation sites (tertiary alicyclic amines) is 1. The van der Waals surface area contributed by atoms with E-state index in [1.165, 1.54) is 6.07 Å². The minimum absolute atomic E-state index is 0.0576. The minimum atomic E-state index is -0.309. The first-order valence-electron chi connectivity index (χ1n) is 11.5. The van der Waals surface area contributed by atoms with E-state index in [9.17, 15) is 14.0 Å². The van der Waals surface area contributed by atoms with Gasteiger partial charge in [-0.2, -0.15) is 0 Å². The lowest BCUT2D eigenvalue weighted by Gasteiger charge is -2.31. The van der Waals surface area contributed by atoms with Crippen LogP contribution in [0.1, 0.15) is 41.6 Å². The second-order valence-electron chi connectivity index (χ2n) is 8.67. The number of carbonyl (C=O) groups is 2. The fraction of sp³-hybridized carbons (Fsp3) is 0.440. The number of halogens is 2. The Morgan fingerprint density at radius 1 is 1.12 bits per heavy atom. The Labute approximate surface area is 198 Å². The van der Waals surface area contributed by atoms with Crippen LogP contribution in [0, 0.1) is 11.7 Å². The van der Waals surface area contributed by atoms with Crippen molar-refractivity contribution in [1.29, 1.82) is 0 Å². The zero-order chi connectivity index (χ0) is 23.2. The molecule has 1 atom stereocenters. The van der Waals surface area contributed by atoms with Gasteiger partial charge in [-0.05, 0) is 63.0 Å². The first-order chi connectivity index (χ1) is 16.0. The highest BCUT2D eigenvalue weighted by Gasteiger charge is 2.26. The van der Waals surface area contributed by atoms with Gasteiger partial charge in [0.15, 0.2) is 0 Å². The maximum absolute atomic E-state index is 14.1. The molecule has 0 spiro atoms. The molecule has 4 rings (SSSR count). The molecule has 2 N–H and O–H groups in total. The van der Waals surface area contributed by atoms with Gasteiger partial charge in [-0.25, -0.2) is 4.39 Å². The number of anilines is 1. The lowest BCUT2D eigenvalue weighted by Crippen LogP contribution is -2.38. The molecule has 33 heavy (non-hydrogen) atoms. The molecule has 2 aromatic carbocycles. The lowest BCUT2D eigenvalue weighted by molar-refractivity contribution is -0.121. The molecule has 0 radical (unpaired) electrons. The monoisotopic (exact) mass is 473 g/mol. The van der Waals surface area contributed by atoms with Gasteiger partial charge < -0.3 is 15.4 Å². The van der Waals surface area contributed by atoms with Crippen molar-refractivity contribution in [3.8, 4) is 0 Å². The van der Waals surface area contributed by atoms with E-state index in [-0.39, 0.29) is 29.7 Å². The first kappa shape index (κ1) is 23.7. The Kier molecular flexibility index (Phi) is 7.96. The molecule has 2 heterocycles. The van der Waals surface area contributed by atoms with Gasteiger partial charge >= 0.3 is 0 Å². The van der Waals surface area contributed by atoms with Gasteiger partial charge in [0.05, 0.1) is 17.4 Å². The van der Waals surface area contributed by atoms with Crippen LogP contribution in [0.3, 0.4) is 0 Å². The van der Waals surface area contributed by atoms with Gasteiger partial charge in [0.2, 0.25) is 5.91 Å². The Morgan fingerprint density at radius 2 is 1.91 bits per heavy atom. The molecule has 0 saturated carbocycles. The van der Waals surface area contributed by atoms with Gasteiger partial charge in [-0.1, -0.05) is 29.8 Å². The molecule has 2 saturated heterocycles. The second kappa shape index (κ2) is 11.1. The average Bonchev–Trinajstić information content (AvgIpc) is 3.34. The second-order valence-corrected chi connectivity index (χ2v) is 9.10. The average molecular weight is 474 g/mol. The zero-order valence-corrected chi connectivity index (χ0v) is 19.2. The van der Waals surface area contributed by atoms with E-state index in [0.717, 1.165) is 19.4 Å². The van der Waals surface area contributed by atoms with Crippen LogP contribution in [0.4, 0.5) is 10.1 Å². The van der Waals surface area contributed by atoms with Gasteiger partial charge in [0.1, 0.15) is 5.82 Å². The van der Waals surface area contributed by atoms with E-state index >= 15 is 0 Å². The molecular weight excluding hydrogens is 445 g/mol. The highest BCUT2D eigenvalue weighted by molar-refractivity contribution is 6.30. The molecule has 2 amide bonds. The van der Waals surface area contributed by atoms with Crippen LogP contribution in [-0.2, 0) is 16.1 Å². The predicted molar refractivity (Wildman–Crippen MR) is 126 cm³/mol. The summed E-state index contributed by atoms with van der Waals surface area (Å²) in [5.74, 6) is -0.774. The highest BCUT2D eigenvalue weighted by atomic mass is 35.5. The van der Waals surface area contributed by atoms with E-state index in [0.29, 0.717) is 60.9 Å². The number of carbonyl (C=O) groups excluding carboxylic acids is 2. The SMILES string of the molecule is O=C(NCC1CCCO1)c1ccccc1NC(=O)C1CCN(Cc2ccc(Cl)cc2F)CC1. The van der Waals surface area contributed by atoms with Crippen molar-refractivity contribution in [2.24, 2.45) is 5.92 Å². The normalized spacial score (nSPS) is 19.4. The number of para-hydroxylation sites is 1. The number of nitrogens with zero attached hydrogens (tertiary/aromatic N) is 1. The Morgan fingerprint density at radius 3 is 2.64 bits per heavy atom. The van der Waals surface area contributed by atoms with E-state index in [4.69, 9.17) is 16.3 Å². The van der Waals surface area contributed by atoms with Crippen molar-refractivity contribution in [1.82, 2.24) is 10.2 Å². The molecule has 2 aliphatic heterocycles. The summed E-state index contributed by atoms with van der Waals surface area (Å²) in [6.07, 6.45) is 3.37. The lowest BCUT2D eigenvalue weighted by atomic mass is 9.95. The fourth-order valence-electron chi connectivity index (χ4n) is 4.38. The molecule has 2 aliphatic rings. The molecule has 0 aromatic heterocycles. The summed E-state index contributed by atoms with van der Waals surface area (Å²) in [5, 5.41) is 6.24. The molecular formula is C25H29ClFN3O3. The number of amides is 2. The third-order valence-electron chi connectivity index (χ3n) is 6.31. The smallest absolute Gasteiger partial charge is 0.253 e. The highest BCUT2D eigenvalue weighted by Crippen LogP contribution is 2.24. The van der Waals surface area contributed by atoms with E-state index in [2.05, 4.69) is 15.5 Å². The molecule has 0 bridgehead atoms. The van der Waals surface area contributed by atoms with Crippen LogP contribution >= 0.6 is 11.6 Å². The van der Waals surface area contributed by atoms with Gasteiger partial charge in [-0.15, -0.1) is 0 Å². The van der Waals surface area contributed by atoms with Crippen molar-refractivity contribution >= 4 is 29.1 Å². The van der Waals surface area contributed by atoms with Crippen molar-refractivity contribution in [2.75, 3.05) is 31.6 Å². The Balaban J connectivity index is 1.29. The molecule has 2 aromatic rings. The number of piperidine rings is 1.